The highest BCUT2D eigenvalue weighted by molar-refractivity contribution is 6.04. The molecule has 4 aromatic rings. The Morgan fingerprint density at radius 2 is 1.43 bits per heavy atom. The van der Waals surface area contributed by atoms with Crippen molar-refractivity contribution in [3.05, 3.63) is 123 Å². The third-order valence-electron chi connectivity index (χ3n) is 8.75. The Bertz CT molecular complexity index is 1810. The number of nitrogens with one attached hydrogen (secondary N) is 1. The third kappa shape index (κ3) is 7.11. The summed E-state index contributed by atoms with van der Waals surface area (Å²) in [5.74, 6) is -11.4. The van der Waals surface area contributed by atoms with Gasteiger partial charge in [-0.05, 0) is 52.9 Å². The quantitative estimate of drug-likeness (QED) is 0.115. The van der Waals surface area contributed by atoms with Crippen molar-refractivity contribution in [2.24, 2.45) is 0 Å². The van der Waals surface area contributed by atoms with Crippen LogP contribution in [0.4, 0.5) is 27.6 Å². The van der Waals surface area contributed by atoms with Gasteiger partial charge in [0.05, 0.1) is 33.0 Å². The summed E-state index contributed by atoms with van der Waals surface area (Å²) in [5.41, 5.74) is 2.99. The molecule has 8 nitrogen and oxygen atoms in total. The number of hydrogen-bond donors (Lipinski definition) is 2. The molecular formula is C36H33F5N2O6. The smallest absolute Gasteiger partial charge is 0.261 e. The van der Waals surface area contributed by atoms with Gasteiger partial charge in [-0.25, -0.2) is 22.0 Å². The Labute approximate surface area is 279 Å². The lowest BCUT2D eigenvalue weighted by Gasteiger charge is -2.39. The number of hydrogen-bond acceptors (Lipinski definition) is 7. The number of ether oxygens (including phenoxy) is 4. The number of aliphatic hydroxyl groups excluding tert-OH is 1. The van der Waals surface area contributed by atoms with E-state index in [1.165, 1.54) is 17.7 Å². The lowest BCUT2D eigenvalue weighted by atomic mass is 9.97. The molecule has 49 heavy (non-hydrogen) atoms. The maximum Gasteiger partial charge on any atom is 0.261 e. The lowest BCUT2D eigenvalue weighted by molar-refractivity contribution is -0.253. The summed E-state index contributed by atoms with van der Waals surface area (Å²) in [5, 5.41) is 11.7. The van der Waals surface area contributed by atoms with E-state index >= 15 is 0 Å². The molecule has 0 radical (unpaired) electrons. The maximum atomic E-state index is 14.2. The lowest BCUT2D eigenvalue weighted by Crippen LogP contribution is -2.41. The molecule has 0 spiro atoms. The van der Waals surface area contributed by atoms with Gasteiger partial charge < -0.3 is 29.4 Å². The van der Waals surface area contributed by atoms with Gasteiger partial charge in [0.25, 0.3) is 5.91 Å². The molecular weight excluding hydrogens is 651 g/mol. The average Bonchev–Trinajstić information content (AvgIpc) is 3.12. The minimum Gasteiger partial charge on any atom is -0.493 e. The van der Waals surface area contributed by atoms with E-state index in [0.29, 0.717) is 36.6 Å². The first-order valence-electron chi connectivity index (χ1n) is 15.5. The number of nitrogens with zero attached hydrogens (tertiary/aromatic N) is 1. The molecule has 0 aliphatic carbocycles. The SMILES string of the molecule is COc1cc2c(cc1OC)CN(C[C@H]1C[C@@H](c3ccc(CO)cc3)O[C@@H](c3ccc(NC(=O)c4c(F)c(F)c(F)c(F)c4F)cc3)O1)CC2. The number of amides is 1. The molecule has 3 atom stereocenters. The van der Waals surface area contributed by atoms with Crippen LogP contribution in [-0.4, -0.2) is 49.3 Å². The molecule has 0 bridgehead atoms. The first kappa shape index (κ1) is 34.3. The predicted molar refractivity (Wildman–Crippen MR) is 168 cm³/mol. The van der Waals surface area contributed by atoms with Crippen molar-refractivity contribution in [1.82, 2.24) is 4.90 Å². The van der Waals surface area contributed by atoms with Gasteiger partial charge in [-0.1, -0.05) is 36.4 Å². The Balaban J connectivity index is 1.20. The molecule has 2 aliphatic rings. The van der Waals surface area contributed by atoms with Gasteiger partial charge in [0.15, 0.2) is 41.1 Å². The van der Waals surface area contributed by atoms with Crippen LogP contribution in [0.3, 0.4) is 0 Å². The van der Waals surface area contributed by atoms with E-state index in [1.807, 2.05) is 36.4 Å². The van der Waals surface area contributed by atoms with E-state index < -0.39 is 46.8 Å². The minimum absolute atomic E-state index is 0.0419. The summed E-state index contributed by atoms with van der Waals surface area (Å²) in [6.45, 7) is 1.96. The van der Waals surface area contributed by atoms with Crippen molar-refractivity contribution < 1.29 is 50.8 Å². The molecule has 6 rings (SSSR count). The third-order valence-corrected chi connectivity index (χ3v) is 8.75. The normalized spacial score (nSPS) is 19.3. The zero-order chi connectivity index (χ0) is 34.8. The molecule has 0 aromatic heterocycles. The second-order valence-electron chi connectivity index (χ2n) is 11.8. The van der Waals surface area contributed by atoms with Gasteiger partial charge in [-0.15, -0.1) is 0 Å². The fourth-order valence-corrected chi connectivity index (χ4v) is 6.14. The molecule has 4 aromatic carbocycles. The van der Waals surface area contributed by atoms with Crippen LogP contribution in [-0.2, 0) is 29.0 Å². The van der Waals surface area contributed by atoms with E-state index in [1.54, 1.807) is 26.4 Å². The molecule has 1 fully saturated rings. The van der Waals surface area contributed by atoms with Crippen LogP contribution >= 0.6 is 0 Å². The van der Waals surface area contributed by atoms with E-state index in [9.17, 15) is 31.9 Å². The Hall–Kier alpha value is -4.56. The number of rotatable bonds is 9. The van der Waals surface area contributed by atoms with Crippen LogP contribution in [0.25, 0.3) is 0 Å². The van der Waals surface area contributed by atoms with Gasteiger partial charge in [0.2, 0.25) is 5.82 Å². The van der Waals surface area contributed by atoms with Gasteiger partial charge in [-0.2, -0.15) is 0 Å². The van der Waals surface area contributed by atoms with E-state index in [4.69, 9.17) is 18.9 Å². The maximum absolute atomic E-state index is 14.2. The fourth-order valence-electron chi connectivity index (χ4n) is 6.14. The second-order valence-corrected chi connectivity index (χ2v) is 11.8. The van der Waals surface area contributed by atoms with Crippen LogP contribution in [0.15, 0.2) is 60.7 Å². The molecule has 0 unspecified atom stereocenters. The molecule has 258 valence electrons. The summed E-state index contributed by atoms with van der Waals surface area (Å²) >= 11 is 0. The second kappa shape index (κ2) is 14.5. The van der Waals surface area contributed by atoms with Crippen molar-refractivity contribution in [2.45, 2.75) is 44.5 Å². The molecule has 2 aliphatic heterocycles. The number of methoxy groups -OCH3 is 2. The number of carbonyl (C=O) groups excluding carboxylic acids is 1. The van der Waals surface area contributed by atoms with Crippen molar-refractivity contribution in [3.8, 4) is 11.5 Å². The molecule has 13 heteroatoms. The monoisotopic (exact) mass is 684 g/mol. The molecule has 2 heterocycles. The zero-order valence-electron chi connectivity index (χ0n) is 26.6. The molecule has 1 amide bonds. The molecule has 1 saturated heterocycles. The van der Waals surface area contributed by atoms with Gasteiger partial charge in [0, 0.05) is 37.3 Å². The van der Waals surface area contributed by atoms with E-state index in [0.717, 1.165) is 29.7 Å². The zero-order valence-corrected chi connectivity index (χ0v) is 26.6. The predicted octanol–water partition coefficient (Wildman–Crippen LogP) is 6.75. The summed E-state index contributed by atoms with van der Waals surface area (Å²) in [6.07, 6.45) is -0.127. The van der Waals surface area contributed by atoms with Crippen LogP contribution < -0.4 is 14.8 Å². The number of aliphatic hydroxyl groups is 1. The fraction of sp³-hybridized carbons (Fsp3) is 0.306. The average molecular weight is 685 g/mol. The molecule has 2 N–H and O–H groups in total. The Morgan fingerprint density at radius 1 is 0.837 bits per heavy atom. The first-order chi connectivity index (χ1) is 23.6. The summed E-state index contributed by atoms with van der Waals surface area (Å²) < 4.78 is 92.9. The van der Waals surface area contributed by atoms with Crippen molar-refractivity contribution in [3.63, 3.8) is 0 Å². The Morgan fingerprint density at radius 3 is 2.04 bits per heavy atom. The van der Waals surface area contributed by atoms with Gasteiger partial charge in [-0.3, -0.25) is 9.69 Å². The van der Waals surface area contributed by atoms with Crippen LogP contribution in [0.5, 0.6) is 11.5 Å². The van der Waals surface area contributed by atoms with Crippen LogP contribution in [0, 0.1) is 29.1 Å². The standard InChI is InChI=1S/C36H33F5N2O6/c1-46-27-13-22-11-12-43(16-23(22)14-28(27)47-2)17-25-15-26(20-5-3-19(18-44)4-6-20)49-36(48-25)21-7-9-24(10-8-21)42-35(45)29-30(37)32(39)34(41)33(40)31(29)38/h3-10,13-14,25-26,36,44H,11-12,15-18H2,1-2H3,(H,42,45)/t25-,26+,36+/m1/s1. The van der Waals surface area contributed by atoms with E-state index in [2.05, 4.69) is 10.2 Å². The summed E-state index contributed by atoms with van der Waals surface area (Å²) in [6, 6.07) is 17.4. The number of anilines is 1. The van der Waals surface area contributed by atoms with Crippen LogP contribution in [0.1, 0.15) is 57.0 Å². The number of carbonyl (C=O) groups is 1. The molecule has 0 saturated carbocycles. The number of halogens is 5. The van der Waals surface area contributed by atoms with Crippen molar-refractivity contribution in [1.29, 1.82) is 0 Å². The highest BCUT2D eigenvalue weighted by Gasteiger charge is 2.34. The topological polar surface area (TPSA) is 89.5 Å². The summed E-state index contributed by atoms with van der Waals surface area (Å²) in [4.78, 5) is 14.8. The van der Waals surface area contributed by atoms with Crippen molar-refractivity contribution in [2.75, 3.05) is 32.6 Å². The number of benzene rings is 4. The minimum atomic E-state index is -2.35. The van der Waals surface area contributed by atoms with Crippen molar-refractivity contribution >= 4 is 11.6 Å². The van der Waals surface area contributed by atoms with E-state index in [-0.39, 0.29) is 24.5 Å². The number of fused-ring (bicyclic) bond motifs is 1. The first-order valence-corrected chi connectivity index (χ1v) is 15.5. The largest absolute Gasteiger partial charge is 0.493 e. The highest BCUT2D eigenvalue weighted by Crippen LogP contribution is 2.39. The van der Waals surface area contributed by atoms with Gasteiger partial charge >= 0.3 is 0 Å². The summed E-state index contributed by atoms with van der Waals surface area (Å²) in [7, 11) is 3.21. The van der Waals surface area contributed by atoms with Crippen LogP contribution in [0.2, 0.25) is 0 Å². The highest BCUT2D eigenvalue weighted by atomic mass is 19.2. The Kier molecular flexibility index (Phi) is 10.2. The van der Waals surface area contributed by atoms with Gasteiger partial charge in [0.1, 0.15) is 5.56 Å².